The highest BCUT2D eigenvalue weighted by Crippen LogP contribution is 2.40. The molecule has 2 amide bonds. The molecule has 0 aliphatic carbocycles. The quantitative estimate of drug-likeness (QED) is 0.610. The summed E-state index contributed by atoms with van der Waals surface area (Å²) >= 11 is 0. The molecule has 1 aliphatic rings. The van der Waals surface area contributed by atoms with Crippen LogP contribution in [0.15, 0.2) is 76.2 Å². The maximum Gasteiger partial charge on any atom is 0.244 e. The molecule has 1 aromatic heterocycles. The van der Waals surface area contributed by atoms with Crippen LogP contribution in [0.1, 0.15) is 24.4 Å². The normalized spacial score (nSPS) is 17.3. The topological polar surface area (TPSA) is 106 Å². The molecular weight excluding hydrogens is 432 g/mol. The molecule has 0 saturated heterocycles. The lowest BCUT2D eigenvalue weighted by Crippen LogP contribution is -2.38. The molecule has 4 rings (SSSR count). The second-order valence-corrected chi connectivity index (χ2v) is 9.31. The molecule has 0 spiro atoms. The average molecular weight is 455 g/mol. The highest BCUT2D eigenvalue weighted by Gasteiger charge is 2.41. The van der Waals surface area contributed by atoms with Gasteiger partial charge in [-0.15, -0.1) is 0 Å². The van der Waals surface area contributed by atoms with E-state index in [9.17, 15) is 18.0 Å². The van der Waals surface area contributed by atoms with Gasteiger partial charge < -0.3 is 19.4 Å². The number of carbonyl (C=O) groups excluding carboxylic acids is 2. The first kappa shape index (κ1) is 21.6. The van der Waals surface area contributed by atoms with E-state index in [1.165, 1.54) is 29.4 Å². The van der Waals surface area contributed by atoms with Crippen LogP contribution in [0.3, 0.4) is 0 Å². The maximum absolute atomic E-state index is 13.3. The van der Waals surface area contributed by atoms with Gasteiger partial charge in [0.15, 0.2) is 9.84 Å². The lowest BCUT2D eigenvalue weighted by molar-refractivity contribution is -0.121. The number of para-hydroxylation sites is 1. The lowest BCUT2D eigenvalue weighted by atomic mass is 10.2. The van der Waals surface area contributed by atoms with Crippen LogP contribution in [0, 0.1) is 0 Å². The Bertz CT molecular complexity index is 1220. The fourth-order valence-corrected chi connectivity index (χ4v) is 5.48. The number of hydrogen-bond donors (Lipinski definition) is 1. The fraction of sp³-hybridized carbons (Fsp3) is 0.217. The Morgan fingerprint density at radius 1 is 1.12 bits per heavy atom. The van der Waals surface area contributed by atoms with Crippen molar-refractivity contribution in [1.82, 2.24) is 0 Å². The number of fused-ring (bicyclic) bond motifs is 1. The van der Waals surface area contributed by atoms with Gasteiger partial charge in [0.2, 0.25) is 11.8 Å². The van der Waals surface area contributed by atoms with Gasteiger partial charge in [-0.1, -0.05) is 12.1 Å². The van der Waals surface area contributed by atoms with Crippen LogP contribution in [0.2, 0.25) is 0 Å². The zero-order chi connectivity index (χ0) is 22.7. The molecule has 1 atom stereocenters. The minimum atomic E-state index is -3.91. The van der Waals surface area contributed by atoms with E-state index in [0.29, 0.717) is 18.0 Å². The van der Waals surface area contributed by atoms with E-state index in [1.54, 1.807) is 42.5 Å². The van der Waals surface area contributed by atoms with E-state index in [1.807, 2.05) is 6.92 Å². The van der Waals surface area contributed by atoms with Crippen LogP contribution in [-0.4, -0.2) is 33.4 Å². The number of benzene rings is 2. The molecule has 1 unspecified atom stereocenters. The van der Waals surface area contributed by atoms with Crippen molar-refractivity contribution >= 4 is 33.0 Å². The average Bonchev–Trinajstić information content (AvgIpc) is 3.29. The Labute approximate surface area is 185 Å². The minimum absolute atomic E-state index is 0.0129. The Morgan fingerprint density at radius 3 is 2.56 bits per heavy atom. The third-order valence-corrected chi connectivity index (χ3v) is 7.22. The van der Waals surface area contributed by atoms with Gasteiger partial charge in [0.1, 0.15) is 23.3 Å². The first-order valence-electron chi connectivity index (χ1n) is 10.1. The van der Waals surface area contributed by atoms with Crippen LogP contribution in [0.4, 0.5) is 11.4 Å². The van der Waals surface area contributed by atoms with Crippen molar-refractivity contribution in [3.8, 4) is 5.75 Å². The molecule has 166 valence electrons. The number of anilines is 2. The van der Waals surface area contributed by atoms with Gasteiger partial charge in [-0.2, -0.15) is 0 Å². The summed E-state index contributed by atoms with van der Waals surface area (Å²) in [5.41, 5.74) is 0.712. The highest BCUT2D eigenvalue weighted by molar-refractivity contribution is 7.91. The molecule has 0 bridgehead atoms. The third kappa shape index (κ3) is 4.24. The number of nitrogens with one attached hydrogen (secondary N) is 1. The standard InChI is InChI=1S/C23H22N2O6S/c1-2-30-17-11-9-16(10-12-17)24-22(26)15-25-18-6-3-4-8-20(18)32(28,29)21(14-23(25)27)19-7-5-13-31-19/h3-13,21H,2,14-15H2,1H3,(H,24,26). The van der Waals surface area contributed by atoms with Gasteiger partial charge in [-0.25, -0.2) is 8.42 Å². The molecule has 0 saturated carbocycles. The number of furan rings is 1. The fourth-order valence-electron chi connectivity index (χ4n) is 3.63. The summed E-state index contributed by atoms with van der Waals surface area (Å²) in [4.78, 5) is 27.0. The number of ether oxygens (including phenoxy) is 1. The van der Waals surface area contributed by atoms with Gasteiger partial charge in [0.05, 0.1) is 29.9 Å². The summed E-state index contributed by atoms with van der Waals surface area (Å²) < 4.78 is 37.3. The minimum Gasteiger partial charge on any atom is -0.494 e. The molecule has 1 aliphatic heterocycles. The van der Waals surface area contributed by atoms with Crippen molar-refractivity contribution in [2.24, 2.45) is 0 Å². The number of rotatable bonds is 6. The van der Waals surface area contributed by atoms with E-state index >= 15 is 0 Å². The third-order valence-electron chi connectivity index (χ3n) is 5.11. The van der Waals surface area contributed by atoms with Crippen LogP contribution in [0.25, 0.3) is 0 Å². The molecule has 0 radical (unpaired) electrons. The summed E-state index contributed by atoms with van der Waals surface area (Å²) in [5.74, 6) is -0.0712. The number of carbonyl (C=O) groups is 2. The van der Waals surface area contributed by atoms with Gasteiger partial charge >= 0.3 is 0 Å². The van der Waals surface area contributed by atoms with Crippen LogP contribution in [0.5, 0.6) is 5.75 Å². The predicted molar refractivity (Wildman–Crippen MR) is 118 cm³/mol. The van der Waals surface area contributed by atoms with Gasteiger partial charge in [-0.3, -0.25) is 9.59 Å². The van der Waals surface area contributed by atoms with Crippen molar-refractivity contribution in [1.29, 1.82) is 0 Å². The molecule has 1 N–H and O–H groups in total. The van der Waals surface area contributed by atoms with E-state index in [0.717, 1.165) is 0 Å². The molecular formula is C23H22N2O6S. The SMILES string of the molecule is CCOc1ccc(NC(=O)CN2C(=O)CC(c3ccco3)S(=O)(=O)c3ccccc32)cc1. The second kappa shape index (κ2) is 8.88. The first-order chi connectivity index (χ1) is 15.4. The number of sulfone groups is 1. The van der Waals surface area contributed by atoms with Crippen molar-refractivity contribution in [3.05, 3.63) is 72.7 Å². The maximum atomic E-state index is 13.3. The number of nitrogens with zero attached hydrogens (tertiary/aromatic N) is 1. The Balaban J connectivity index is 1.61. The van der Waals surface area contributed by atoms with Gasteiger partial charge in [0, 0.05) is 5.69 Å². The summed E-state index contributed by atoms with van der Waals surface area (Å²) in [5, 5.41) is 1.57. The molecule has 3 aromatic rings. The molecule has 0 fully saturated rings. The Kier molecular flexibility index (Phi) is 6.00. The molecule has 2 aromatic carbocycles. The van der Waals surface area contributed by atoms with E-state index in [4.69, 9.17) is 9.15 Å². The van der Waals surface area contributed by atoms with Gasteiger partial charge in [-0.05, 0) is 55.5 Å². The zero-order valence-electron chi connectivity index (χ0n) is 17.4. The lowest BCUT2D eigenvalue weighted by Gasteiger charge is -2.21. The van der Waals surface area contributed by atoms with Crippen molar-refractivity contribution in [2.45, 2.75) is 23.5 Å². The van der Waals surface area contributed by atoms with Crippen molar-refractivity contribution < 1.29 is 27.2 Å². The summed E-state index contributed by atoms with van der Waals surface area (Å²) in [6.07, 6.45) is 1.04. The van der Waals surface area contributed by atoms with Gasteiger partial charge in [0.25, 0.3) is 0 Å². The molecule has 9 heteroatoms. The smallest absolute Gasteiger partial charge is 0.244 e. The summed E-state index contributed by atoms with van der Waals surface area (Å²) in [6.45, 7) is 2.08. The Hall–Kier alpha value is -3.59. The van der Waals surface area contributed by atoms with Crippen molar-refractivity contribution in [3.63, 3.8) is 0 Å². The zero-order valence-corrected chi connectivity index (χ0v) is 18.2. The van der Waals surface area contributed by atoms with Crippen LogP contribution in [-0.2, 0) is 19.4 Å². The number of hydrogen-bond acceptors (Lipinski definition) is 6. The monoisotopic (exact) mass is 454 g/mol. The number of amides is 2. The Morgan fingerprint density at radius 2 is 1.88 bits per heavy atom. The van der Waals surface area contributed by atoms with Crippen LogP contribution >= 0.6 is 0 Å². The van der Waals surface area contributed by atoms with Crippen molar-refractivity contribution in [2.75, 3.05) is 23.4 Å². The predicted octanol–water partition coefficient (Wildman–Crippen LogP) is 3.57. The highest BCUT2D eigenvalue weighted by atomic mass is 32.2. The van der Waals surface area contributed by atoms with E-state index in [-0.39, 0.29) is 29.3 Å². The first-order valence-corrected chi connectivity index (χ1v) is 11.6. The van der Waals surface area contributed by atoms with Crippen LogP contribution < -0.4 is 15.0 Å². The molecule has 2 heterocycles. The second-order valence-electron chi connectivity index (χ2n) is 7.21. The largest absolute Gasteiger partial charge is 0.494 e. The summed E-state index contributed by atoms with van der Waals surface area (Å²) in [6, 6.07) is 16.1. The summed E-state index contributed by atoms with van der Waals surface area (Å²) in [7, 11) is -3.91. The van der Waals surface area contributed by atoms with E-state index in [2.05, 4.69) is 5.32 Å². The van der Waals surface area contributed by atoms with E-state index < -0.39 is 26.9 Å². The molecule has 8 nitrogen and oxygen atoms in total. The molecule has 32 heavy (non-hydrogen) atoms.